The van der Waals surface area contributed by atoms with Crippen LogP contribution >= 0.6 is 0 Å². The van der Waals surface area contributed by atoms with Crippen LogP contribution in [0.4, 0.5) is 11.6 Å². The fourth-order valence-corrected chi connectivity index (χ4v) is 1.82. The zero-order valence-electron chi connectivity index (χ0n) is 10.5. The summed E-state index contributed by atoms with van der Waals surface area (Å²) in [5.74, 6) is 3.62. The van der Waals surface area contributed by atoms with Crippen LogP contribution in [0.2, 0.25) is 0 Å². The molecular formula is C12H20N4. The number of aromatic nitrogens is 2. The fourth-order valence-electron chi connectivity index (χ4n) is 1.82. The lowest BCUT2D eigenvalue weighted by atomic mass is 10.2. The third kappa shape index (κ3) is 2.10. The summed E-state index contributed by atoms with van der Waals surface area (Å²) in [5.41, 5.74) is 1.14. The Morgan fingerprint density at radius 1 is 1.31 bits per heavy atom. The third-order valence-electron chi connectivity index (χ3n) is 2.85. The van der Waals surface area contributed by atoms with Crippen molar-refractivity contribution in [3.05, 3.63) is 11.4 Å². The van der Waals surface area contributed by atoms with Gasteiger partial charge in [-0.1, -0.05) is 0 Å². The molecule has 0 unspecified atom stereocenters. The Bertz CT molecular complexity index is 383. The number of nitrogens with one attached hydrogen (secondary N) is 1. The summed E-state index contributed by atoms with van der Waals surface area (Å²) in [6, 6.07) is 0. The molecule has 1 aliphatic carbocycles. The van der Waals surface area contributed by atoms with E-state index in [0.717, 1.165) is 29.6 Å². The van der Waals surface area contributed by atoms with Gasteiger partial charge in [0.2, 0.25) is 0 Å². The fraction of sp³-hybridized carbons (Fsp3) is 0.667. The van der Waals surface area contributed by atoms with Gasteiger partial charge in [-0.2, -0.15) is 0 Å². The largest absolute Gasteiger partial charge is 0.370 e. The second-order valence-corrected chi connectivity index (χ2v) is 4.58. The second kappa shape index (κ2) is 4.28. The first-order valence-corrected chi connectivity index (χ1v) is 5.93. The first-order valence-electron chi connectivity index (χ1n) is 5.93. The van der Waals surface area contributed by atoms with E-state index in [9.17, 15) is 0 Å². The Labute approximate surface area is 97.1 Å². The molecule has 0 amide bonds. The van der Waals surface area contributed by atoms with E-state index in [1.165, 1.54) is 12.8 Å². The van der Waals surface area contributed by atoms with Gasteiger partial charge in [0.15, 0.2) is 0 Å². The van der Waals surface area contributed by atoms with E-state index in [1.54, 1.807) is 0 Å². The van der Waals surface area contributed by atoms with Crippen LogP contribution in [0.1, 0.15) is 37.1 Å². The minimum Gasteiger partial charge on any atom is -0.370 e. The van der Waals surface area contributed by atoms with Crippen LogP contribution in [0.5, 0.6) is 0 Å². The molecule has 1 heterocycles. The number of nitrogens with zero attached hydrogens (tertiary/aromatic N) is 3. The van der Waals surface area contributed by atoms with Gasteiger partial charge in [0.1, 0.15) is 17.5 Å². The average molecular weight is 220 g/mol. The van der Waals surface area contributed by atoms with Gasteiger partial charge >= 0.3 is 0 Å². The molecule has 0 aliphatic heterocycles. The van der Waals surface area contributed by atoms with Crippen molar-refractivity contribution in [1.29, 1.82) is 0 Å². The highest BCUT2D eigenvalue weighted by atomic mass is 15.2. The first-order chi connectivity index (χ1) is 7.63. The quantitative estimate of drug-likeness (QED) is 0.844. The van der Waals surface area contributed by atoms with Gasteiger partial charge in [0, 0.05) is 32.1 Å². The summed E-state index contributed by atoms with van der Waals surface area (Å²) < 4.78 is 0. The molecule has 0 radical (unpaired) electrons. The lowest BCUT2D eigenvalue weighted by Gasteiger charge is -2.18. The molecule has 0 atom stereocenters. The molecule has 1 aromatic rings. The predicted octanol–water partition coefficient (Wildman–Crippen LogP) is 2.16. The molecule has 1 aliphatic rings. The summed E-state index contributed by atoms with van der Waals surface area (Å²) in [5, 5.41) is 3.32. The van der Waals surface area contributed by atoms with Gasteiger partial charge in [-0.25, -0.2) is 9.97 Å². The zero-order chi connectivity index (χ0) is 11.7. The van der Waals surface area contributed by atoms with E-state index in [-0.39, 0.29) is 0 Å². The Balaban J connectivity index is 2.42. The summed E-state index contributed by atoms with van der Waals surface area (Å²) >= 11 is 0. The highest BCUT2D eigenvalue weighted by Gasteiger charge is 2.28. The number of hydrogen-bond donors (Lipinski definition) is 1. The van der Waals surface area contributed by atoms with Crippen molar-refractivity contribution in [2.45, 2.75) is 32.6 Å². The molecule has 1 fully saturated rings. The van der Waals surface area contributed by atoms with Crippen molar-refractivity contribution in [2.24, 2.45) is 0 Å². The topological polar surface area (TPSA) is 41.1 Å². The summed E-state index contributed by atoms with van der Waals surface area (Å²) in [6.07, 6.45) is 2.48. The standard InChI is InChI=1S/C12H20N4/c1-5-13-10-8(2)12(16(3)4)15-11(14-10)9-6-7-9/h9H,5-7H2,1-4H3,(H,13,14,15). The Hall–Kier alpha value is -1.32. The minimum absolute atomic E-state index is 0.594. The third-order valence-corrected chi connectivity index (χ3v) is 2.85. The molecule has 0 saturated heterocycles. The smallest absolute Gasteiger partial charge is 0.136 e. The Morgan fingerprint density at radius 3 is 2.50 bits per heavy atom. The number of rotatable bonds is 4. The predicted molar refractivity (Wildman–Crippen MR) is 67.2 cm³/mol. The van der Waals surface area contributed by atoms with E-state index in [0.29, 0.717) is 5.92 Å². The highest BCUT2D eigenvalue weighted by Crippen LogP contribution is 2.39. The molecule has 4 nitrogen and oxygen atoms in total. The Morgan fingerprint density at radius 2 is 2.00 bits per heavy atom. The van der Waals surface area contributed by atoms with Crippen LogP contribution in [0, 0.1) is 6.92 Å². The minimum atomic E-state index is 0.594. The van der Waals surface area contributed by atoms with E-state index in [1.807, 2.05) is 14.1 Å². The molecule has 1 saturated carbocycles. The SMILES string of the molecule is CCNc1nc(C2CC2)nc(N(C)C)c1C. The maximum Gasteiger partial charge on any atom is 0.136 e. The monoisotopic (exact) mass is 220 g/mol. The van der Waals surface area contributed by atoms with Gasteiger partial charge in [-0.05, 0) is 26.7 Å². The van der Waals surface area contributed by atoms with Crippen molar-refractivity contribution >= 4 is 11.6 Å². The molecule has 0 aromatic carbocycles. The lowest BCUT2D eigenvalue weighted by molar-refractivity contribution is 0.893. The van der Waals surface area contributed by atoms with Gasteiger partial charge < -0.3 is 10.2 Å². The zero-order valence-corrected chi connectivity index (χ0v) is 10.5. The van der Waals surface area contributed by atoms with Crippen LogP contribution in [0.25, 0.3) is 0 Å². The highest BCUT2D eigenvalue weighted by molar-refractivity contribution is 5.58. The van der Waals surface area contributed by atoms with Gasteiger partial charge in [0.25, 0.3) is 0 Å². The van der Waals surface area contributed by atoms with E-state index in [2.05, 4.69) is 34.0 Å². The van der Waals surface area contributed by atoms with Crippen LogP contribution in [0.15, 0.2) is 0 Å². The van der Waals surface area contributed by atoms with Crippen molar-refractivity contribution in [3.63, 3.8) is 0 Å². The normalized spacial score (nSPS) is 15.0. The molecule has 2 rings (SSSR count). The Kier molecular flexibility index (Phi) is 2.99. The van der Waals surface area contributed by atoms with Crippen molar-refractivity contribution < 1.29 is 0 Å². The molecule has 4 heteroatoms. The summed E-state index contributed by atoms with van der Waals surface area (Å²) in [7, 11) is 4.06. The van der Waals surface area contributed by atoms with Gasteiger partial charge in [0.05, 0.1) is 0 Å². The molecule has 1 N–H and O–H groups in total. The summed E-state index contributed by atoms with van der Waals surface area (Å²) in [4.78, 5) is 11.3. The van der Waals surface area contributed by atoms with E-state index < -0.39 is 0 Å². The molecule has 88 valence electrons. The van der Waals surface area contributed by atoms with Gasteiger partial charge in [-0.3, -0.25) is 0 Å². The molecular weight excluding hydrogens is 200 g/mol. The van der Waals surface area contributed by atoms with Crippen LogP contribution in [-0.4, -0.2) is 30.6 Å². The number of hydrogen-bond acceptors (Lipinski definition) is 4. The molecule has 0 spiro atoms. The van der Waals surface area contributed by atoms with Crippen molar-refractivity contribution in [2.75, 3.05) is 30.9 Å². The van der Waals surface area contributed by atoms with E-state index in [4.69, 9.17) is 0 Å². The van der Waals surface area contributed by atoms with Gasteiger partial charge in [-0.15, -0.1) is 0 Å². The van der Waals surface area contributed by atoms with Crippen LogP contribution < -0.4 is 10.2 Å². The molecule has 1 aromatic heterocycles. The van der Waals surface area contributed by atoms with Crippen molar-refractivity contribution in [1.82, 2.24) is 9.97 Å². The molecule has 0 bridgehead atoms. The maximum atomic E-state index is 4.65. The second-order valence-electron chi connectivity index (χ2n) is 4.58. The van der Waals surface area contributed by atoms with E-state index >= 15 is 0 Å². The number of anilines is 2. The average Bonchev–Trinajstić information content (AvgIpc) is 3.04. The summed E-state index contributed by atoms with van der Waals surface area (Å²) in [6.45, 7) is 5.06. The maximum absolute atomic E-state index is 4.65. The van der Waals surface area contributed by atoms with Crippen LogP contribution in [-0.2, 0) is 0 Å². The molecule has 16 heavy (non-hydrogen) atoms. The van der Waals surface area contributed by atoms with Crippen LogP contribution in [0.3, 0.4) is 0 Å². The van der Waals surface area contributed by atoms with Crippen molar-refractivity contribution in [3.8, 4) is 0 Å². The lowest BCUT2D eigenvalue weighted by Crippen LogP contribution is -2.16. The first kappa shape index (κ1) is 11.2.